The van der Waals surface area contributed by atoms with Crippen LogP contribution in [-0.2, 0) is 20.9 Å². The van der Waals surface area contributed by atoms with Crippen molar-refractivity contribution in [3.05, 3.63) is 70.0 Å². The van der Waals surface area contributed by atoms with Gasteiger partial charge in [-0.15, -0.1) is 0 Å². The Kier molecular flexibility index (Phi) is 6.37. The molecule has 0 aliphatic carbocycles. The maximum atomic E-state index is 13.6. The third kappa shape index (κ3) is 4.85. The molecule has 0 bridgehead atoms. The minimum Gasteiger partial charge on any atom is -0.460 e. The molecule has 136 valence electrons. The molecule has 0 fully saturated rings. The van der Waals surface area contributed by atoms with Gasteiger partial charge in [0.15, 0.2) is 5.92 Å². The van der Waals surface area contributed by atoms with Crippen molar-refractivity contribution < 1.29 is 28.4 Å². The summed E-state index contributed by atoms with van der Waals surface area (Å²) >= 11 is 0. The first kappa shape index (κ1) is 19.0. The van der Waals surface area contributed by atoms with Crippen LogP contribution in [0.1, 0.15) is 18.9 Å². The van der Waals surface area contributed by atoms with Crippen molar-refractivity contribution >= 4 is 17.6 Å². The highest BCUT2D eigenvalue weighted by Gasteiger charge is 2.29. The van der Waals surface area contributed by atoms with Crippen LogP contribution in [0.2, 0.25) is 0 Å². The average Bonchev–Trinajstić information content (AvgIpc) is 2.61. The molecule has 0 aliphatic heterocycles. The molecule has 0 aromatic heterocycles. The van der Waals surface area contributed by atoms with E-state index in [2.05, 4.69) is 0 Å². The number of nitrogens with zero attached hydrogens (tertiary/aromatic N) is 1. The summed E-state index contributed by atoms with van der Waals surface area (Å²) in [6.45, 7) is 1.61. The summed E-state index contributed by atoms with van der Waals surface area (Å²) in [7, 11) is 0. The van der Waals surface area contributed by atoms with E-state index in [1.54, 1.807) is 31.2 Å². The van der Waals surface area contributed by atoms with E-state index in [-0.39, 0.29) is 18.8 Å². The van der Waals surface area contributed by atoms with Gasteiger partial charge in [-0.1, -0.05) is 37.3 Å². The fraction of sp³-hybridized carbons (Fsp3) is 0.222. The second-order valence-corrected chi connectivity index (χ2v) is 5.35. The van der Waals surface area contributed by atoms with Gasteiger partial charge in [0.2, 0.25) is 5.82 Å². The molecule has 0 spiro atoms. The van der Waals surface area contributed by atoms with Gasteiger partial charge in [-0.3, -0.25) is 19.7 Å². The molecule has 2 aromatic rings. The lowest BCUT2D eigenvalue weighted by Crippen LogP contribution is -2.29. The van der Waals surface area contributed by atoms with Crippen LogP contribution in [0.3, 0.4) is 0 Å². The number of hydrogen-bond acceptors (Lipinski definition) is 6. The van der Waals surface area contributed by atoms with Crippen LogP contribution in [0.15, 0.2) is 48.5 Å². The molecule has 8 heteroatoms. The lowest BCUT2D eigenvalue weighted by molar-refractivity contribution is -0.387. The van der Waals surface area contributed by atoms with Crippen LogP contribution in [-0.4, -0.2) is 16.9 Å². The number of esters is 2. The van der Waals surface area contributed by atoms with Crippen molar-refractivity contribution in [2.45, 2.75) is 20.0 Å². The Balaban J connectivity index is 2.00. The summed E-state index contributed by atoms with van der Waals surface area (Å²) in [5.41, 5.74) is 0.0284. The van der Waals surface area contributed by atoms with Gasteiger partial charge in [0.05, 0.1) is 4.92 Å². The molecule has 0 saturated heterocycles. The van der Waals surface area contributed by atoms with E-state index in [4.69, 9.17) is 9.47 Å². The Hall–Kier alpha value is -3.29. The summed E-state index contributed by atoms with van der Waals surface area (Å²) in [4.78, 5) is 33.9. The van der Waals surface area contributed by atoms with Gasteiger partial charge in [0.1, 0.15) is 12.4 Å². The zero-order valence-electron chi connectivity index (χ0n) is 13.9. The molecular formula is C18H16FNO6. The third-order valence-corrected chi connectivity index (χ3v) is 3.54. The molecule has 0 aliphatic rings. The normalized spacial score (nSPS) is 11.5. The summed E-state index contributed by atoms with van der Waals surface area (Å²) in [6.07, 6.45) is 0.127. The maximum absolute atomic E-state index is 13.6. The fourth-order valence-electron chi connectivity index (χ4n) is 2.15. The SMILES string of the molecule is CCC(C(=O)OCc1ccccc1)C(=O)Oc1ccc([N+](=O)[O-])c(F)c1. The van der Waals surface area contributed by atoms with Crippen LogP contribution in [0, 0.1) is 21.8 Å². The van der Waals surface area contributed by atoms with Crippen molar-refractivity contribution in [3.63, 3.8) is 0 Å². The minimum atomic E-state index is -1.18. The van der Waals surface area contributed by atoms with Crippen molar-refractivity contribution in [2.24, 2.45) is 5.92 Å². The molecule has 0 radical (unpaired) electrons. The maximum Gasteiger partial charge on any atom is 0.325 e. The number of carbonyl (C=O) groups excluding carboxylic acids is 2. The highest BCUT2D eigenvalue weighted by Crippen LogP contribution is 2.23. The average molecular weight is 361 g/mol. The number of halogens is 1. The topological polar surface area (TPSA) is 95.7 Å². The Bertz CT molecular complexity index is 809. The van der Waals surface area contributed by atoms with Crippen LogP contribution >= 0.6 is 0 Å². The molecule has 26 heavy (non-hydrogen) atoms. The third-order valence-electron chi connectivity index (χ3n) is 3.54. The van der Waals surface area contributed by atoms with Crippen molar-refractivity contribution in [1.29, 1.82) is 0 Å². The number of carbonyl (C=O) groups is 2. The summed E-state index contributed by atoms with van der Waals surface area (Å²) < 4.78 is 23.6. The monoisotopic (exact) mass is 361 g/mol. The largest absolute Gasteiger partial charge is 0.460 e. The first-order valence-electron chi connectivity index (χ1n) is 7.78. The molecule has 0 heterocycles. The van der Waals surface area contributed by atoms with Crippen molar-refractivity contribution in [2.75, 3.05) is 0 Å². The van der Waals surface area contributed by atoms with Gasteiger partial charge < -0.3 is 9.47 Å². The second kappa shape index (κ2) is 8.70. The number of rotatable bonds is 7. The van der Waals surface area contributed by atoms with E-state index in [0.717, 1.165) is 23.8 Å². The standard InChI is InChI=1S/C18H16FNO6/c1-2-14(17(21)25-11-12-6-4-3-5-7-12)18(22)26-13-8-9-16(20(23)24)15(19)10-13/h3-10,14H,2,11H2,1H3. The van der Waals surface area contributed by atoms with Crippen molar-refractivity contribution in [3.8, 4) is 5.75 Å². The lowest BCUT2D eigenvalue weighted by Gasteiger charge is -2.13. The Labute approximate surface area is 148 Å². The number of hydrogen-bond donors (Lipinski definition) is 0. The molecule has 0 amide bonds. The molecule has 2 aromatic carbocycles. The van der Waals surface area contributed by atoms with Crippen LogP contribution in [0.4, 0.5) is 10.1 Å². The predicted octanol–water partition coefficient (Wildman–Crippen LogP) is 3.41. The van der Waals surface area contributed by atoms with Gasteiger partial charge in [-0.05, 0) is 18.1 Å². The van der Waals surface area contributed by atoms with E-state index in [0.29, 0.717) is 0 Å². The molecule has 7 nitrogen and oxygen atoms in total. The van der Waals surface area contributed by atoms with Crippen molar-refractivity contribution in [1.82, 2.24) is 0 Å². The number of benzene rings is 2. The smallest absolute Gasteiger partial charge is 0.325 e. The Morgan fingerprint density at radius 2 is 1.85 bits per heavy atom. The summed E-state index contributed by atoms with van der Waals surface area (Å²) in [5, 5.41) is 10.6. The molecule has 1 unspecified atom stereocenters. The number of nitro groups is 1. The predicted molar refractivity (Wildman–Crippen MR) is 88.7 cm³/mol. The first-order valence-corrected chi connectivity index (χ1v) is 7.78. The molecule has 0 saturated carbocycles. The zero-order valence-corrected chi connectivity index (χ0v) is 13.9. The van der Waals surface area contributed by atoms with Crippen LogP contribution < -0.4 is 4.74 Å². The summed E-state index contributed by atoms with van der Waals surface area (Å²) in [6, 6.07) is 11.6. The van der Waals surface area contributed by atoms with Gasteiger partial charge >= 0.3 is 17.6 Å². The quantitative estimate of drug-likeness (QED) is 0.247. The van der Waals surface area contributed by atoms with Gasteiger partial charge in [-0.25, -0.2) is 0 Å². The number of nitro benzene ring substituents is 1. The lowest BCUT2D eigenvalue weighted by atomic mass is 10.1. The molecule has 2 rings (SSSR count). The first-order chi connectivity index (χ1) is 12.4. The second-order valence-electron chi connectivity index (χ2n) is 5.35. The van der Waals surface area contributed by atoms with E-state index >= 15 is 0 Å². The number of ether oxygens (including phenoxy) is 2. The van der Waals surface area contributed by atoms with E-state index in [9.17, 15) is 24.1 Å². The zero-order chi connectivity index (χ0) is 19.1. The van der Waals surface area contributed by atoms with E-state index in [1.807, 2.05) is 6.07 Å². The van der Waals surface area contributed by atoms with Gasteiger partial charge in [0, 0.05) is 12.1 Å². The highest BCUT2D eigenvalue weighted by atomic mass is 19.1. The van der Waals surface area contributed by atoms with E-state index < -0.39 is 34.3 Å². The van der Waals surface area contributed by atoms with E-state index in [1.165, 1.54) is 0 Å². The highest BCUT2D eigenvalue weighted by molar-refractivity contribution is 5.95. The summed E-state index contributed by atoms with van der Waals surface area (Å²) in [5.74, 6) is -4.23. The van der Waals surface area contributed by atoms with Crippen LogP contribution in [0.5, 0.6) is 5.75 Å². The van der Waals surface area contributed by atoms with Crippen LogP contribution in [0.25, 0.3) is 0 Å². The Morgan fingerprint density at radius 3 is 2.42 bits per heavy atom. The molecule has 0 N–H and O–H groups in total. The minimum absolute atomic E-state index is 0.00954. The van der Waals surface area contributed by atoms with Gasteiger partial charge in [-0.2, -0.15) is 4.39 Å². The Morgan fingerprint density at radius 1 is 1.15 bits per heavy atom. The molecular weight excluding hydrogens is 345 g/mol. The van der Waals surface area contributed by atoms with Gasteiger partial charge in [0.25, 0.3) is 0 Å². The molecule has 1 atom stereocenters. The fourth-order valence-corrected chi connectivity index (χ4v) is 2.15.